The van der Waals surface area contributed by atoms with E-state index in [2.05, 4.69) is 14.5 Å². The van der Waals surface area contributed by atoms with Crippen molar-refractivity contribution in [2.45, 2.75) is 38.8 Å². The van der Waals surface area contributed by atoms with E-state index in [0.29, 0.717) is 7.11 Å². The van der Waals surface area contributed by atoms with Crippen molar-refractivity contribution >= 4 is 17.9 Å². The third-order valence-electron chi connectivity index (χ3n) is 3.87. The van der Waals surface area contributed by atoms with E-state index in [1.807, 2.05) is 0 Å². The summed E-state index contributed by atoms with van der Waals surface area (Å²) in [7, 11) is 1.47. The van der Waals surface area contributed by atoms with Crippen LogP contribution in [0.1, 0.15) is 70.3 Å². The Morgan fingerprint density at radius 3 is 1.86 bits per heavy atom. The van der Waals surface area contributed by atoms with Gasteiger partial charge < -0.3 is 14.6 Å². The molecule has 1 N–H and O–H groups in total. The summed E-state index contributed by atoms with van der Waals surface area (Å²) in [4.78, 5) is 38.9. The van der Waals surface area contributed by atoms with Crippen molar-refractivity contribution in [3.05, 3.63) is 28.1 Å². The second kappa shape index (κ2) is 9.14. The molecule has 0 aliphatic rings. The summed E-state index contributed by atoms with van der Waals surface area (Å²) in [5.74, 6) is -7.34. The molecule has 1 rings (SSSR count). The van der Waals surface area contributed by atoms with E-state index in [1.165, 1.54) is 13.8 Å². The van der Waals surface area contributed by atoms with Crippen LogP contribution in [0.4, 0.5) is 22.0 Å². The Kier molecular flexibility index (Phi) is 7.64. The first kappa shape index (κ1) is 24.2. The van der Waals surface area contributed by atoms with Crippen LogP contribution in [0.5, 0.6) is 0 Å². The van der Waals surface area contributed by atoms with Gasteiger partial charge in [-0.05, 0) is 17.9 Å². The Morgan fingerprint density at radius 1 is 1.03 bits per heavy atom. The highest BCUT2D eigenvalue weighted by Crippen LogP contribution is 2.41. The lowest BCUT2D eigenvalue weighted by Gasteiger charge is -2.24. The van der Waals surface area contributed by atoms with Crippen molar-refractivity contribution in [3.63, 3.8) is 0 Å². The number of ether oxygens (including phenoxy) is 2. The number of carbonyl (C=O) groups is 3. The largest absolute Gasteiger partial charge is 0.481 e. The fourth-order valence-corrected chi connectivity index (χ4v) is 2.77. The van der Waals surface area contributed by atoms with Crippen LogP contribution in [0.15, 0.2) is 0 Å². The summed E-state index contributed by atoms with van der Waals surface area (Å²) < 4.78 is 76.3. The quantitative estimate of drug-likeness (QED) is 0.521. The highest BCUT2D eigenvalue weighted by atomic mass is 19.4. The van der Waals surface area contributed by atoms with Crippen LogP contribution >= 0.6 is 0 Å². The number of carbonyl (C=O) groups excluding carboxylic acids is 2. The molecule has 0 amide bonds. The zero-order valence-corrected chi connectivity index (χ0v) is 15.8. The molecule has 1 aromatic heterocycles. The number of halogens is 5. The van der Waals surface area contributed by atoms with Crippen molar-refractivity contribution in [3.8, 4) is 0 Å². The number of carboxylic acids is 1. The monoisotopic (exact) mass is 427 g/mol. The van der Waals surface area contributed by atoms with Crippen LogP contribution in [0, 0.1) is 5.92 Å². The summed E-state index contributed by atoms with van der Waals surface area (Å²) in [5, 5.41) is 9.56. The highest BCUT2D eigenvalue weighted by Gasteiger charge is 2.45. The molecular weight excluding hydrogens is 409 g/mol. The van der Waals surface area contributed by atoms with Gasteiger partial charge in [-0.3, -0.25) is 4.79 Å². The zero-order valence-electron chi connectivity index (χ0n) is 15.8. The molecule has 1 heterocycles. The number of nitrogens with zero attached hydrogens (tertiary/aromatic N) is 1. The summed E-state index contributed by atoms with van der Waals surface area (Å²) in [6.45, 7) is 3.04. The van der Waals surface area contributed by atoms with Gasteiger partial charge >= 0.3 is 24.1 Å². The van der Waals surface area contributed by atoms with Gasteiger partial charge in [-0.25, -0.2) is 23.4 Å². The number of alkyl halides is 5. The smallest absolute Gasteiger partial charge is 0.434 e. The van der Waals surface area contributed by atoms with E-state index in [9.17, 15) is 41.4 Å². The van der Waals surface area contributed by atoms with Gasteiger partial charge in [-0.15, -0.1) is 0 Å². The molecule has 0 saturated carbocycles. The van der Waals surface area contributed by atoms with E-state index in [1.54, 1.807) is 0 Å². The van der Waals surface area contributed by atoms with Gasteiger partial charge in [0.15, 0.2) is 5.69 Å². The van der Waals surface area contributed by atoms with Gasteiger partial charge in [-0.1, -0.05) is 13.8 Å². The number of aromatic nitrogens is 1. The molecule has 0 spiro atoms. The molecule has 0 radical (unpaired) electrons. The van der Waals surface area contributed by atoms with E-state index >= 15 is 0 Å². The standard InChI is InChI=1S/C17H18F5NO6/c1-6(2)5-7(14(24)25)8-9(15(26)28-3)11(13(18)19)23-12(17(20,21)22)10(8)16(27)29-4/h6-7,13H,5H2,1-4H3,(H,24,25). The van der Waals surface area contributed by atoms with Crippen LogP contribution in [0.3, 0.4) is 0 Å². The Morgan fingerprint density at radius 2 is 1.52 bits per heavy atom. The fraction of sp³-hybridized carbons (Fsp3) is 0.529. The minimum atomic E-state index is -5.42. The number of pyridine rings is 1. The number of esters is 2. The normalized spacial score (nSPS) is 12.8. The minimum Gasteiger partial charge on any atom is -0.481 e. The van der Waals surface area contributed by atoms with Crippen molar-refractivity contribution < 1.29 is 50.9 Å². The number of hydrogen-bond donors (Lipinski definition) is 1. The topological polar surface area (TPSA) is 103 Å². The van der Waals surface area contributed by atoms with Gasteiger partial charge in [0.1, 0.15) is 5.69 Å². The molecule has 0 aromatic carbocycles. The maximum atomic E-state index is 13.5. The van der Waals surface area contributed by atoms with Crippen molar-refractivity contribution in [2.24, 2.45) is 5.92 Å². The first-order valence-electron chi connectivity index (χ1n) is 8.10. The molecule has 1 aromatic rings. The van der Waals surface area contributed by atoms with Crippen LogP contribution < -0.4 is 0 Å². The SMILES string of the molecule is COC(=O)c1c(C(F)F)nc(C(F)(F)F)c(C(=O)OC)c1C(CC(C)C)C(=O)O. The van der Waals surface area contributed by atoms with Crippen LogP contribution in [0.2, 0.25) is 0 Å². The van der Waals surface area contributed by atoms with Gasteiger partial charge in [0.05, 0.1) is 31.3 Å². The molecular formula is C17H18F5NO6. The fourth-order valence-electron chi connectivity index (χ4n) is 2.77. The van der Waals surface area contributed by atoms with Gasteiger partial charge in [-0.2, -0.15) is 13.2 Å². The van der Waals surface area contributed by atoms with Crippen LogP contribution in [0.25, 0.3) is 0 Å². The second-order valence-electron chi connectivity index (χ2n) is 6.31. The number of aliphatic carboxylic acids is 1. The predicted octanol–water partition coefficient (Wildman–Crippen LogP) is 3.83. The van der Waals surface area contributed by atoms with Crippen LogP contribution in [-0.4, -0.2) is 42.2 Å². The lowest BCUT2D eigenvalue weighted by molar-refractivity contribution is -0.143. The van der Waals surface area contributed by atoms with Crippen molar-refractivity contribution in [1.29, 1.82) is 0 Å². The molecule has 162 valence electrons. The Bertz CT molecular complexity index is 806. The molecule has 0 aliphatic carbocycles. The highest BCUT2D eigenvalue weighted by molar-refractivity contribution is 6.02. The van der Waals surface area contributed by atoms with Crippen molar-refractivity contribution in [1.82, 2.24) is 4.98 Å². The molecule has 29 heavy (non-hydrogen) atoms. The first-order valence-corrected chi connectivity index (χ1v) is 8.10. The molecule has 0 fully saturated rings. The Hall–Kier alpha value is -2.79. The maximum absolute atomic E-state index is 13.5. The third-order valence-corrected chi connectivity index (χ3v) is 3.87. The third kappa shape index (κ3) is 5.18. The first-order chi connectivity index (χ1) is 13.3. The summed E-state index contributed by atoms with van der Waals surface area (Å²) in [6.07, 6.45) is -9.48. The molecule has 0 bridgehead atoms. The summed E-state index contributed by atoms with van der Waals surface area (Å²) in [5.41, 5.74) is -7.40. The predicted molar refractivity (Wildman–Crippen MR) is 86.7 cm³/mol. The van der Waals surface area contributed by atoms with Crippen LogP contribution in [-0.2, 0) is 20.4 Å². The number of methoxy groups -OCH3 is 2. The van der Waals surface area contributed by atoms with E-state index in [0.717, 1.165) is 7.11 Å². The van der Waals surface area contributed by atoms with E-state index in [4.69, 9.17) is 0 Å². The average Bonchev–Trinajstić information content (AvgIpc) is 2.61. The number of hydrogen-bond acceptors (Lipinski definition) is 6. The van der Waals surface area contributed by atoms with Crippen molar-refractivity contribution in [2.75, 3.05) is 14.2 Å². The molecule has 1 unspecified atom stereocenters. The average molecular weight is 427 g/mol. The molecule has 1 atom stereocenters. The summed E-state index contributed by atoms with van der Waals surface area (Å²) in [6, 6.07) is 0. The zero-order chi connectivity index (χ0) is 22.7. The minimum absolute atomic E-state index is 0.368. The Labute approximate surface area is 161 Å². The lowest BCUT2D eigenvalue weighted by Crippen LogP contribution is -2.28. The summed E-state index contributed by atoms with van der Waals surface area (Å²) >= 11 is 0. The number of rotatable bonds is 7. The molecule has 0 saturated heterocycles. The number of carboxylic acid groups (broad SMARTS) is 1. The van der Waals surface area contributed by atoms with E-state index < -0.39 is 70.4 Å². The molecule has 12 heteroatoms. The second-order valence-corrected chi connectivity index (χ2v) is 6.31. The van der Waals surface area contributed by atoms with E-state index in [-0.39, 0.29) is 6.42 Å². The molecule has 0 aliphatic heterocycles. The van der Waals surface area contributed by atoms with Gasteiger partial charge in [0.25, 0.3) is 6.43 Å². The molecule has 7 nitrogen and oxygen atoms in total. The Balaban J connectivity index is 4.29. The van der Waals surface area contributed by atoms with Gasteiger partial charge in [0, 0.05) is 0 Å². The van der Waals surface area contributed by atoms with Gasteiger partial charge in [0.2, 0.25) is 0 Å². The maximum Gasteiger partial charge on any atom is 0.434 e. The lowest BCUT2D eigenvalue weighted by atomic mass is 9.83.